The van der Waals surface area contributed by atoms with Crippen LogP contribution in [0.1, 0.15) is 33.6 Å². The molecule has 0 saturated heterocycles. The first-order chi connectivity index (χ1) is 8.21. The monoisotopic (exact) mass is 263 g/mol. The molecule has 0 radical (unpaired) electrons. The van der Waals surface area contributed by atoms with Gasteiger partial charge in [0.15, 0.2) is 14.3 Å². The number of nitrogens with zero attached hydrogens (tertiary/aromatic N) is 1. The maximum absolute atomic E-state index is 11.9. The molecule has 0 amide bonds. The van der Waals surface area contributed by atoms with E-state index in [4.69, 9.17) is 19.3 Å². The second-order valence-electron chi connectivity index (χ2n) is 3.33. The zero-order valence-corrected chi connectivity index (χ0v) is 11.8. The molecule has 0 aliphatic carbocycles. The van der Waals surface area contributed by atoms with Gasteiger partial charge < -0.3 is 14.0 Å². The van der Waals surface area contributed by atoms with Crippen molar-refractivity contribution in [3.63, 3.8) is 0 Å². The fourth-order valence-corrected chi connectivity index (χ4v) is 2.74. The highest BCUT2D eigenvalue weighted by Crippen LogP contribution is 2.36. The third-order valence-electron chi connectivity index (χ3n) is 2.15. The first-order valence-corrected chi connectivity index (χ1v) is 7.37. The van der Waals surface area contributed by atoms with Gasteiger partial charge in [-0.25, -0.2) is 0 Å². The number of hydrogen-bond acceptors (Lipinski definition) is 5. The van der Waals surface area contributed by atoms with Crippen LogP contribution in [0, 0.1) is 11.3 Å². The van der Waals surface area contributed by atoms with Crippen LogP contribution in [-0.2, 0) is 18.6 Å². The van der Waals surface area contributed by atoms with Gasteiger partial charge in [-0.05, 0) is 27.2 Å². The second kappa shape index (κ2) is 10.7. The Morgan fingerprint density at radius 3 is 2.18 bits per heavy atom. The molecule has 2 atom stereocenters. The first kappa shape index (κ1) is 16.6. The van der Waals surface area contributed by atoms with E-state index in [1.165, 1.54) is 0 Å². The van der Waals surface area contributed by atoms with Crippen molar-refractivity contribution < 1.29 is 18.6 Å². The molecule has 0 aliphatic heterocycles. The van der Waals surface area contributed by atoms with Crippen LogP contribution < -0.4 is 0 Å². The van der Waals surface area contributed by atoms with E-state index in [9.17, 15) is 4.57 Å². The average Bonchev–Trinajstić information content (AvgIpc) is 2.30. The third kappa shape index (κ3) is 6.80. The van der Waals surface area contributed by atoms with Gasteiger partial charge in [-0.15, -0.1) is 0 Å². The Hall–Kier alpha value is -0.400. The lowest BCUT2D eigenvalue weighted by Crippen LogP contribution is -2.30. The third-order valence-corrected chi connectivity index (χ3v) is 3.89. The summed E-state index contributed by atoms with van der Waals surface area (Å²) in [5.41, 5.74) is -0.348. The summed E-state index contributed by atoms with van der Waals surface area (Å²) in [6.45, 7) is 6.85. The van der Waals surface area contributed by atoms with Gasteiger partial charge >= 0.3 is 0 Å². The standard InChI is InChI=1S/C11H22NO4P/c1-4-14-11(15-5-2)10(8-7-9-12)17(13)16-6-3/h10-11,17H,4-8H2,1-3H3. The molecule has 0 N–H and O–H groups in total. The van der Waals surface area contributed by atoms with Crippen molar-refractivity contribution in [2.45, 2.75) is 45.6 Å². The van der Waals surface area contributed by atoms with Crippen LogP contribution in [0.4, 0.5) is 0 Å². The SMILES string of the molecule is CCOC(OCC)C(CCC#N)[PH](=O)OCC. The summed E-state index contributed by atoms with van der Waals surface area (Å²) in [6, 6.07) is 2.04. The molecule has 0 rings (SSSR count). The minimum absolute atomic E-state index is 0.324. The molecule has 5 nitrogen and oxygen atoms in total. The molecule has 0 aliphatic rings. The van der Waals surface area contributed by atoms with Crippen molar-refractivity contribution in [2.24, 2.45) is 0 Å². The lowest BCUT2D eigenvalue weighted by molar-refractivity contribution is -0.138. The van der Waals surface area contributed by atoms with Crippen molar-refractivity contribution in [1.82, 2.24) is 0 Å². The Morgan fingerprint density at radius 2 is 1.76 bits per heavy atom. The molecule has 0 aromatic heterocycles. The molecule has 6 heteroatoms. The summed E-state index contributed by atoms with van der Waals surface area (Å²) in [5, 5.41) is 8.61. The zero-order valence-electron chi connectivity index (χ0n) is 10.8. The molecular formula is C11H22NO4P. The van der Waals surface area contributed by atoms with Crippen molar-refractivity contribution in [2.75, 3.05) is 19.8 Å². The number of rotatable bonds is 10. The quantitative estimate of drug-likeness (QED) is 0.447. The topological polar surface area (TPSA) is 68.5 Å². The highest BCUT2D eigenvalue weighted by molar-refractivity contribution is 7.40. The number of ether oxygens (including phenoxy) is 2. The van der Waals surface area contributed by atoms with Crippen LogP contribution >= 0.6 is 8.03 Å². The average molecular weight is 263 g/mol. The zero-order chi connectivity index (χ0) is 13.1. The normalized spacial score (nSPS) is 14.5. The van der Waals surface area contributed by atoms with E-state index in [1.54, 1.807) is 6.92 Å². The largest absolute Gasteiger partial charge is 0.352 e. The fraction of sp³-hybridized carbons (Fsp3) is 0.909. The molecule has 2 unspecified atom stereocenters. The summed E-state index contributed by atoms with van der Waals surface area (Å²) >= 11 is 0. The van der Waals surface area contributed by atoms with E-state index in [2.05, 4.69) is 0 Å². The van der Waals surface area contributed by atoms with Crippen molar-refractivity contribution >= 4 is 8.03 Å². The maximum Gasteiger partial charge on any atom is 0.199 e. The minimum Gasteiger partial charge on any atom is -0.352 e. The highest BCUT2D eigenvalue weighted by Gasteiger charge is 2.28. The minimum atomic E-state index is -2.25. The van der Waals surface area contributed by atoms with Crippen molar-refractivity contribution in [1.29, 1.82) is 5.26 Å². The fourth-order valence-electron chi connectivity index (χ4n) is 1.44. The second-order valence-corrected chi connectivity index (χ2v) is 5.00. The smallest absolute Gasteiger partial charge is 0.199 e. The number of nitriles is 1. The van der Waals surface area contributed by atoms with E-state index >= 15 is 0 Å². The Kier molecular flexibility index (Phi) is 10.5. The van der Waals surface area contributed by atoms with Crippen LogP contribution in [0.3, 0.4) is 0 Å². The molecule has 0 spiro atoms. The molecule has 0 aromatic rings. The van der Waals surface area contributed by atoms with Gasteiger partial charge in [-0.3, -0.25) is 4.57 Å². The highest BCUT2D eigenvalue weighted by atomic mass is 31.1. The summed E-state index contributed by atoms with van der Waals surface area (Å²) < 4.78 is 27.9. The van der Waals surface area contributed by atoms with Crippen LogP contribution in [0.15, 0.2) is 0 Å². The molecule has 0 fully saturated rings. The van der Waals surface area contributed by atoms with Crippen LogP contribution in [0.25, 0.3) is 0 Å². The summed E-state index contributed by atoms with van der Waals surface area (Å²) in [6.07, 6.45) is 0.250. The van der Waals surface area contributed by atoms with Crippen LogP contribution in [0.5, 0.6) is 0 Å². The van der Waals surface area contributed by atoms with Gasteiger partial charge in [0.25, 0.3) is 0 Å². The lowest BCUT2D eigenvalue weighted by Gasteiger charge is -2.25. The Morgan fingerprint density at radius 1 is 1.18 bits per heavy atom. The molecule has 17 heavy (non-hydrogen) atoms. The van der Waals surface area contributed by atoms with Crippen LogP contribution in [0.2, 0.25) is 0 Å². The summed E-state index contributed by atoms with van der Waals surface area (Å²) in [4.78, 5) is 0. The Bertz CT molecular complexity index is 248. The first-order valence-electron chi connectivity index (χ1n) is 5.97. The van der Waals surface area contributed by atoms with Gasteiger partial charge in [0.1, 0.15) is 0 Å². The molecule has 0 saturated carbocycles. The van der Waals surface area contributed by atoms with Crippen molar-refractivity contribution in [3.05, 3.63) is 0 Å². The van der Waals surface area contributed by atoms with Gasteiger partial charge in [-0.1, -0.05) is 0 Å². The molecule has 100 valence electrons. The van der Waals surface area contributed by atoms with Crippen LogP contribution in [-0.4, -0.2) is 31.8 Å². The molecule has 0 heterocycles. The predicted octanol–water partition coefficient (Wildman–Crippen LogP) is 2.57. The predicted molar refractivity (Wildman–Crippen MR) is 66.3 cm³/mol. The molecule has 0 bridgehead atoms. The van der Waals surface area contributed by atoms with E-state index in [-0.39, 0.29) is 5.66 Å². The summed E-state index contributed by atoms with van der Waals surface area (Å²) in [7, 11) is -2.25. The van der Waals surface area contributed by atoms with E-state index in [1.807, 2.05) is 19.9 Å². The van der Waals surface area contributed by atoms with Crippen molar-refractivity contribution in [3.8, 4) is 6.07 Å². The van der Waals surface area contributed by atoms with Gasteiger partial charge in [0.2, 0.25) is 0 Å². The molecule has 0 aromatic carbocycles. The maximum atomic E-state index is 11.9. The molecular weight excluding hydrogens is 241 g/mol. The van der Waals surface area contributed by atoms with E-state index in [0.717, 1.165) is 0 Å². The Labute approximate surface area is 104 Å². The number of hydrogen-bond donors (Lipinski definition) is 0. The van der Waals surface area contributed by atoms with Gasteiger partial charge in [0.05, 0.1) is 18.3 Å². The summed E-state index contributed by atoms with van der Waals surface area (Å²) in [5.74, 6) is 0. The lowest BCUT2D eigenvalue weighted by atomic mass is 10.2. The van der Waals surface area contributed by atoms with E-state index in [0.29, 0.717) is 32.7 Å². The van der Waals surface area contributed by atoms with Gasteiger partial charge in [-0.2, -0.15) is 5.26 Å². The van der Waals surface area contributed by atoms with E-state index < -0.39 is 14.3 Å². The van der Waals surface area contributed by atoms with Gasteiger partial charge in [0, 0.05) is 19.6 Å². The Balaban J connectivity index is 4.58.